The molecular formula is C10H16N4O. The summed E-state index contributed by atoms with van der Waals surface area (Å²) in [4.78, 5) is 14.4. The summed E-state index contributed by atoms with van der Waals surface area (Å²) in [7, 11) is 0. The van der Waals surface area contributed by atoms with Crippen LogP contribution in [0.1, 0.15) is 11.1 Å². The fourth-order valence-corrected chi connectivity index (χ4v) is 1.22. The number of carbonyl (C=O) groups is 1. The summed E-state index contributed by atoms with van der Waals surface area (Å²) in [5.74, 6) is 0. The first-order valence-electron chi connectivity index (χ1n) is 4.83. The van der Waals surface area contributed by atoms with Gasteiger partial charge in [-0.1, -0.05) is 6.07 Å². The molecule has 15 heavy (non-hydrogen) atoms. The maximum absolute atomic E-state index is 10.4. The molecule has 2 amide bonds. The molecule has 0 aromatic carbocycles. The average molecular weight is 208 g/mol. The minimum Gasteiger partial charge on any atom is -0.352 e. The number of nitrogens with zero attached hydrogens (tertiary/aromatic N) is 1. The van der Waals surface area contributed by atoms with Crippen LogP contribution in [0.3, 0.4) is 0 Å². The number of hydrogen-bond donors (Lipinski definition) is 3. The molecule has 0 saturated carbocycles. The van der Waals surface area contributed by atoms with E-state index >= 15 is 0 Å². The maximum atomic E-state index is 10.4. The van der Waals surface area contributed by atoms with E-state index in [1.54, 1.807) is 0 Å². The van der Waals surface area contributed by atoms with Crippen molar-refractivity contribution in [3.63, 3.8) is 0 Å². The van der Waals surface area contributed by atoms with Crippen LogP contribution in [0.25, 0.3) is 0 Å². The first-order chi connectivity index (χ1) is 7.18. The smallest absolute Gasteiger partial charge is 0.312 e. The molecule has 82 valence electrons. The number of nitrogens with two attached hydrogens (primary N) is 1. The molecule has 0 aliphatic rings. The Hall–Kier alpha value is -1.62. The van der Waals surface area contributed by atoms with Crippen LogP contribution in [0.2, 0.25) is 0 Å². The topological polar surface area (TPSA) is 80.0 Å². The minimum atomic E-state index is -0.492. The Morgan fingerprint density at radius 1 is 1.47 bits per heavy atom. The van der Waals surface area contributed by atoms with Crippen molar-refractivity contribution in [2.45, 2.75) is 13.5 Å². The van der Waals surface area contributed by atoms with Gasteiger partial charge in [0.1, 0.15) is 0 Å². The third-order valence-corrected chi connectivity index (χ3v) is 1.86. The highest BCUT2D eigenvalue weighted by Gasteiger charge is 1.94. The third-order valence-electron chi connectivity index (χ3n) is 1.86. The SMILES string of the molecule is Cc1cncc(CNCCNC(N)=O)c1. The van der Waals surface area contributed by atoms with E-state index in [-0.39, 0.29) is 0 Å². The molecule has 0 aliphatic carbocycles. The lowest BCUT2D eigenvalue weighted by Gasteiger charge is -2.05. The van der Waals surface area contributed by atoms with E-state index in [9.17, 15) is 4.79 Å². The molecule has 5 nitrogen and oxygen atoms in total. The summed E-state index contributed by atoms with van der Waals surface area (Å²) in [5.41, 5.74) is 7.19. The van der Waals surface area contributed by atoms with Gasteiger partial charge in [-0.3, -0.25) is 4.98 Å². The van der Waals surface area contributed by atoms with E-state index in [2.05, 4.69) is 21.7 Å². The molecule has 1 aromatic rings. The van der Waals surface area contributed by atoms with Crippen molar-refractivity contribution in [2.75, 3.05) is 13.1 Å². The van der Waals surface area contributed by atoms with Gasteiger partial charge in [0.2, 0.25) is 0 Å². The highest BCUT2D eigenvalue weighted by molar-refractivity contribution is 5.71. The van der Waals surface area contributed by atoms with Crippen LogP contribution in [0, 0.1) is 6.92 Å². The monoisotopic (exact) mass is 208 g/mol. The average Bonchev–Trinajstić information content (AvgIpc) is 2.17. The van der Waals surface area contributed by atoms with Gasteiger partial charge in [-0.2, -0.15) is 0 Å². The molecule has 0 atom stereocenters. The van der Waals surface area contributed by atoms with Crippen molar-refractivity contribution in [1.29, 1.82) is 0 Å². The van der Waals surface area contributed by atoms with Crippen molar-refractivity contribution < 1.29 is 4.79 Å². The second-order valence-corrected chi connectivity index (χ2v) is 3.34. The highest BCUT2D eigenvalue weighted by atomic mass is 16.2. The quantitative estimate of drug-likeness (QED) is 0.602. The molecule has 0 bridgehead atoms. The number of hydrogen-bond acceptors (Lipinski definition) is 3. The molecule has 0 fully saturated rings. The van der Waals surface area contributed by atoms with E-state index in [4.69, 9.17) is 5.73 Å². The number of carbonyl (C=O) groups excluding carboxylic acids is 1. The molecule has 1 aromatic heterocycles. The molecule has 0 unspecified atom stereocenters. The Labute approximate surface area is 89.1 Å². The number of nitrogens with one attached hydrogen (secondary N) is 2. The van der Waals surface area contributed by atoms with Crippen molar-refractivity contribution in [1.82, 2.24) is 15.6 Å². The van der Waals surface area contributed by atoms with E-state index in [1.807, 2.05) is 19.3 Å². The summed E-state index contributed by atoms with van der Waals surface area (Å²) in [6.45, 7) is 3.98. The zero-order valence-electron chi connectivity index (χ0n) is 8.79. The van der Waals surface area contributed by atoms with Crippen molar-refractivity contribution in [2.24, 2.45) is 5.73 Å². The maximum Gasteiger partial charge on any atom is 0.312 e. The van der Waals surface area contributed by atoms with Crippen LogP contribution in [0.4, 0.5) is 4.79 Å². The summed E-state index contributed by atoms with van der Waals surface area (Å²) in [6.07, 6.45) is 3.64. The lowest BCUT2D eigenvalue weighted by molar-refractivity contribution is 0.249. The normalized spacial score (nSPS) is 9.93. The lowest BCUT2D eigenvalue weighted by Crippen LogP contribution is -2.35. The van der Waals surface area contributed by atoms with Crippen molar-refractivity contribution in [3.8, 4) is 0 Å². The van der Waals surface area contributed by atoms with Gasteiger partial charge in [-0.15, -0.1) is 0 Å². The van der Waals surface area contributed by atoms with Gasteiger partial charge in [0.25, 0.3) is 0 Å². The molecule has 0 spiro atoms. The van der Waals surface area contributed by atoms with Crippen molar-refractivity contribution in [3.05, 3.63) is 29.6 Å². The van der Waals surface area contributed by atoms with Crippen LogP contribution < -0.4 is 16.4 Å². The Balaban J connectivity index is 2.17. The van der Waals surface area contributed by atoms with Gasteiger partial charge in [0.05, 0.1) is 0 Å². The van der Waals surface area contributed by atoms with Gasteiger partial charge < -0.3 is 16.4 Å². The van der Waals surface area contributed by atoms with Crippen LogP contribution in [-0.2, 0) is 6.54 Å². The predicted molar refractivity (Wildman–Crippen MR) is 58.3 cm³/mol. The van der Waals surface area contributed by atoms with Crippen molar-refractivity contribution >= 4 is 6.03 Å². The molecule has 1 heterocycles. The van der Waals surface area contributed by atoms with Crippen LogP contribution in [0.5, 0.6) is 0 Å². The first kappa shape index (κ1) is 11.5. The number of aromatic nitrogens is 1. The molecule has 4 N–H and O–H groups in total. The van der Waals surface area contributed by atoms with Crippen LogP contribution in [-0.4, -0.2) is 24.1 Å². The third kappa shape index (κ3) is 4.97. The standard InChI is InChI=1S/C10H16N4O/c1-8-4-9(7-13-5-8)6-12-2-3-14-10(11)15/h4-5,7,12H,2-3,6H2,1H3,(H3,11,14,15). The molecule has 5 heteroatoms. The summed E-state index contributed by atoms with van der Waals surface area (Å²) in [6, 6.07) is 1.58. The number of amides is 2. The Bertz CT molecular complexity index is 327. The minimum absolute atomic E-state index is 0.492. The Morgan fingerprint density at radius 2 is 2.27 bits per heavy atom. The van der Waals surface area contributed by atoms with Gasteiger partial charge in [-0.05, 0) is 18.1 Å². The number of rotatable bonds is 5. The number of urea groups is 1. The highest BCUT2D eigenvalue weighted by Crippen LogP contribution is 1.99. The number of primary amides is 1. The largest absolute Gasteiger partial charge is 0.352 e. The Morgan fingerprint density at radius 3 is 2.93 bits per heavy atom. The molecule has 0 aliphatic heterocycles. The van der Waals surface area contributed by atoms with E-state index in [0.717, 1.165) is 17.7 Å². The van der Waals surface area contributed by atoms with E-state index < -0.39 is 6.03 Å². The molecule has 0 saturated heterocycles. The van der Waals surface area contributed by atoms with Gasteiger partial charge >= 0.3 is 6.03 Å². The van der Waals surface area contributed by atoms with Gasteiger partial charge in [0, 0.05) is 32.0 Å². The zero-order chi connectivity index (χ0) is 11.1. The van der Waals surface area contributed by atoms with Crippen LogP contribution in [0.15, 0.2) is 18.5 Å². The van der Waals surface area contributed by atoms with Gasteiger partial charge in [0.15, 0.2) is 0 Å². The van der Waals surface area contributed by atoms with Crippen LogP contribution >= 0.6 is 0 Å². The second kappa shape index (κ2) is 5.98. The lowest BCUT2D eigenvalue weighted by atomic mass is 10.2. The fraction of sp³-hybridized carbons (Fsp3) is 0.400. The first-order valence-corrected chi connectivity index (χ1v) is 4.83. The Kier molecular flexibility index (Phi) is 4.56. The second-order valence-electron chi connectivity index (χ2n) is 3.34. The molecule has 0 radical (unpaired) electrons. The van der Waals surface area contributed by atoms with Gasteiger partial charge in [-0.25, -0.2) is 4.79 Å². The molecule has 1 rings (SSSR count). The summed E-state index contributed by atoms with van der Waals surface area (Å²) in [5, 5.41) is 5.68. The number of aryl methyl sites for hydroxylation is 1. The fourth-order valence-electron chi connectivity index (χ4n) is 1.22. The summed E-state index contributed by atoms with van der Waals surface area (Å²) >= 11 is 0. The predicted octanol–water partition coefficient (Wildman–Crippen LogP) is 0.148. The van der Waals surface area contributed by atoms with E-state index in [0.29, 0.717) is 13.1 Å². The zero-order valence-corrected chi connectivity index (χ0v) is 8.79. The summed E-state index contributed by atoms with van der Waals surface area (Å²) < 4.78 is 0. The molecular weight excluding hydrogens is 192 g/mol. The van der Waals surface area contributed by atoms with E-state index in [1.165, 1.54) is 0 Å². The number of pyridine rings is 1.